The molecule has 18 heavy (non-hydrogen) atoms. The summed E-state index contributed by atoms with van der Waals surface area (Å²) in [5, 5.41) is 0. The summed E-state index contributed by atoms with van der Waals surface area (Å²) in [6.45, 7) is 4.28. The maximum absolute atomic E-state index is 6.01. The van der Waals surface area contributed by atoms with Crippen molar-refractivity contribution in [2.24, 2.45) is 0 Å². The van der Waals surface area contributed by atoms with Crippen molar-refractivity contribution >= 4 is 21.7 Å². The van der Waals surface area contributed by atoms with Gasteiger partial charge in [0.2, 0.25) is 0 Å². The molecule has 0 aromatic carbocycles. The lowest BCUT2D eigenvalue weighted by Crippen LogP contribution is -2.10. The summed E-state index contributed by atoms with van der Waals surface area (Å²) in [5.41, 5.74) is 7.05. The van der Waals surface area contributed by atoms with Gasteiger partial charge >= 0.3 is 0 Å². The van der Waals surface area contributed by atoms with Crippen molar-refractivity contribution in [2.45, 2.75) is 64.2 Å². The van der Waals surface area contributed by atoms with Gasteiger partial charge in [0.05, 0.1) is 10.2 Å². The number of anilines is 1. The number of hydrogen-bond acceptors (Lipinski definition) is 3. The molecule has 1 heterocycles. The highest BCUT2D eigenvalue weighted by molar-refractivity contribution is 9.10. The van der Waals surface area contributed by atoms with Crippen LogP contribution in [-0.2, 0) is 0 Å². The van der Waals surface area contributed by atoms with Gasteiger partial charge in [-0.25, -0.2) is 9.97 Å². The first-order valence-electron chi connectivity index (χ1n) is 6.92. The van der Waals surface area contributed by atoms with Crippen molar-refractivity contribution in [2.75, 3.05) is 5.73 Å². The van der Waals surface area contributed by atoms with Gasteiger partial charge in [-0.1, -0.05) is 39.5 Å². The van der Waals surface area contributed by atoms with E-state index in [1.54, 1.807) is 0 Å². The zero-order chi connectivity index (χ0) is 13.1. The van der Waals surface area contributed by atoms with Crippen molar-refractivity contribution in [1.29, 1.82) is 0 Å². The second-order valence-corrected chi connectivity index (χ2v) is 6.30. The Bertz CT molecular complexity index is 410. The smallest absolute Gasteiger partial charge is 0.141 e. The maximum atomic E-state index is 6.01. The first-order valence-corrected chi connectivity index (χ1v) is 7.71. The Hall–Kier alpha value is -0.640. The second-order valence-electron chi connectivity index (χ2n) is 5.51. The standard InChI is InChI=1S/C14H22BrN3/c1-9(2)12-11(15)13(16)18-14(17-12)10-7-5-3-4-6-8-10/h9-10H,3-8H2,1-2H3,(H2,16,17,18). The number of hydrogen-bond donors (Lipinski definition) is 1. The van der Waals surface area contributed by atoms with Crippen LogP contribution >= 0.6 is 15.9 Å². The zero-order valence-corrected chi connectivity index (χ0v) is 12.8. The second kappa shape index (κ2) is 6.00. The molecule has 1 fully saturated rings. The van der Waals surface area contributed by atoms with Gasteiger partial charge in [0.1, 0.15) is 11.6 Å². The van der Waals surface area contributed by atoms with Gasteiger partial charge in [0, 0.05) is 5.92 Å². The van der Waals surface area contributed by atoms with E-state index in [1.807, 2.05) is 0 Å². The minimum absolute atomic E-state index is 0.370. The third kappa shape index (κ3) is 3.02. The quantitative estimate of drug-likeness (QED) is 0.824. The SMILES string of the molecule is CC(C)c1nc(C2CCCCCC2)nc(N)c1Br. The van der Waals surface area contributed by atoms with Crippen LogP contribution in [0.25, 0.3) is 0 Å². The summed E-state index contributed by atoms with van der Waals surface area (Å²) < 4.78 is 0.870. The molecule has 2 N–H and O–H groups in total. The number of nitrogen functional groups attached to an aromatic ring is 1. The van der Waals surface area contributed by atoms with Crippen LogP contribution in [0.4, 0.5) is 5.82 Å². The first kappa shape index (κ1) is 13.8. The molecule has 1 saturated carbocycles. The van der Waals surface area contributed by atoms with Crippen LogP contribution in [0.15, 0.2) is 4.47 Å². The molecule has 1 aliphatic rings. The summed E-state index contributed by atoms with van der Waals surface area (Å²) in [6.07, 6.45) is 7.69. The molecule has 0 unspecified atom stereocenters. The predicted octanol–water partition coefficient (Wildman–Crippen LogP) is 4.38. The van der Waals surface area contributed by atoms with Crippen molar-refractivity contribution < 1.29 is 0 Å². The van der Waals surface area contributed by atoms with E-state index in [0.29, 0.717) is 17.7 Å². The van der Waals surface area contributed by atoms with Crippen LogP contribution in [-0.4, -0.2) is 9.97 Å². The van der Waals surface area contributed by atoms with Crippen LogP contribution in [0.1, 0.15) is 75.7 Å². The van der Waals surface area contributed by atoms with Gasteiger partial charge in [0.15, 0.2) is 0 Å². The van der Waals surface area contributed by atoms with E-state index in [1.165, 1.54) is 38.5 Å². The van der Waals surface area contributed by atoms with Crippen molar-refractivity contribution in [1.82, 2.24) is 9.97 Å². The number of nitrogens with zero attached hydrogens (tertiary/aromatic N) is 2. The van der Waals surface area contributed by atoms with Crippen molar-refractivity contribution in [3.8, 4) is 0 Å². The van der Waals surface area contributed by atoms with E-state index in [2.05, 4.69) is 34.8 Å². The van der Waals surface area contributed by atoms with Gasteiger partial charge in [-0.2, -0.15) is 0 Å². The molecule has 100 valence electrons. The van der Waals surface area contributed by atoms with Gasteiger partial charge in [-0.3, -0.25) is 0 Å². The number of nitrogens with two attached hydrogens (primary N) is 1. The Morgan fingerprint density at radius 3 is 2.28 bits per heavy atom. The molecule has 0 radical (unpaired) electrons. The lowest BCUT2D eigenvalue weighted by Gasteiger charge is -2.17. The molecule has 1 aromatic heterocycles. The number of aromatic nitrogens is 2. The molecular formula is C14H22BrN3. The molecule has 1 aliphatic carbocycles. The fourth-order valence-corrected chi connectivity index (χ4v) is 3.24. The predicted molar refractivity (Wildman–Crippen MR) is 78.7 cm³/mol. The van der Waals surface area contributed by atoms with Crippen LogP contribution in [0, 0.1) is 0 Å². The largest absolute Gasteiger partial charge is 0.383 e. The highest BCUT2D eigenvalue weighted by atomic mass is 79.9. The molecule has 0 bridgehead atoms. The molecular weight excluding hydrogens is 290 g/mol. The van der Waals surface area contributed by atoms with Gasteiger partial charge in [-0.15, -0.1) is 0 Å². The van der Waals surface area contributed by atoms with E-state index < -0.39 is 0 Å². The average molecular weight is 312 g/mol. The van der Waals surface area contributed by atoms with Crippen molar-refractivity contribution in [3.05, 3.63) is 16.0 Å². The third-order valence-corrected chi connectivity index (χ3v) is 4.50. The maximum Gasteiger partial charge on any atom is 0.141 e. The fraction of sp³-hybridized carbons (Fsp3) is 0.714. The third-order valence-electron chi connectivity index (χ3n) is 3.69. The van der Waals surface area contributed by atoms with E-state index >= 15 is 0 Å². The van der Waals surface area contributed by atoms with Crippen LogP contribution in [0.3, 0.4) is 0 Å². The van der Waals surface area contributed by atoms with E-state index in [9.17, 15) is 0 Å². The lowest BCUT2D eigenvalue weighted by molar-refractivity contribution is 0.555. The zero-order valence-electron chi connectivity index (χ0n) is 11.2. The molecule has 0 saturated heterocycles. The summed E-state index contributed by atoms with van der Waals surface area (Å²) in [5.74, 6) is 2.42. The molecule has 4 heteroatoms. The Balaban J connectivity index is 2.32. The minimum atomic E-state index is 0.370. The number of halogens is 1. The lowest BCUT2D eigenvalue weighted by atomic mass is 9.99. The molecule has 0 spiro atoms. The Kier molecular flexibility index (Phi) is 4.60. The van der Waals surface area contributed by atoms with Crippen LogP contribution < -0.4 is 5.73 Å². The van der Waals surface area contributed by atoms with E-state index in [0.717, 1.165) is 16.0 Å². The highest BCUT2D eigenvalue weighted by Gasteiger charge is 2.20. The van der Waals surface area contributed by atoms with E-state index in [-0.39, 0.29) is 0 Å². The average Bonchev–Trinajstić information content (AvgIpc) is 2.60. The Morgan fingerprint density at radius 2 is 1.72 bits per heavy atom. The normalized spacial score (nSPS) is 18.0. The molecule has 0 aliphatic heterocycles. The van der Waals surface area contributed by atoms with Gasteiger partial charge in [0.25, 0.3) is 0 Å². The van der Waals surface area contributed by atoms with Crippen LogP contribution in [0.5, 0.6) is 0 Å². The first-order chi connectivity index (χ1) is 8.59. The highest BCUT2D eigenvalue weighted by Crippen LogP contribution is 2.33. The van der Waals surface area contributed by atoms with E-state index in [4.69, 9.17) is 10.7 Å². The molecule has 0 amide bonds. The summed E-state index contributed by atoms with van der Waals surface area (Å²) >= 11 is 3.50. The number of rotatable bonds is 2. The van der Waals surface area contributed by atoms with Crippen molar-refractivity contribution in [3.63, 3.8) is 0 Å². The molecule has 0 atom stereocenters. The summed E-state index contributed by atoms with van der Waals surface area (Å²) in [6, 6.07) is 0. The van der Waals surface area contributed by atoms with Crippen LogP contribution in [0.2, 0.25) is 0 Å². The Morgan fingerprint density at radius 1 is 1.11 bits per heavy atom. The fourth-order valence-electron chi connectivity index (χ4n) is 2.60. The summed E-state index contributed by atoms with van der Waals surface area (Å²) in [4.78, 5) is 9.26. The topological polar surface area (TPSA) is 51.8 Å². The molecule has 1 aromatic rings. The van der Waals surface area contributed by atoms with Gasteiger partial charge < -0.3 is 5.73 Å². The molecule has 3 nitrogen and oxygen atoms in total. The monoisotopic (exact) mass is 311 g/mol. The summed E-state index contributed by atoms with van der Waals surface area (Å²) in [7, 11) is 0. The minimum Gasteiger partial charge on any atom is -0.383 e. The van der Waals surface area contributed by atoms with Gasteiger partial charge in [-0.05, 0) is 34.7 Å². The molecule has 2 rings (SSSR count). The Labute approximate surface area is 118 Å².